The molecular formula is C16H19N3O6S. The van der Waals surface area contributed by atoms with Crippen molar-refractivity contribution in [3.8, 4) is 0 Å². The molecule has 0 saturated carbocycles. The van der Waals surface area contributed by atoms with E-state index in [0.29, 0.717) is 38.2 Å². The summed E-state index contributed by atoms with van der Waals surface area (Å²) in [5.41, 5.74) is 0.278. The van der Waals surface area contributed by atoms with Crippen LogP contribution in [-0.4, -0.2) is 72.6 Å². The van der Waals surface area contributed by atoms with Gasteiger partial charge in [0.1, 0.15) is 0 Å². The lowest BCUT2D eigenvalue weighted by molar-refractivity contribution is -0.384. The maximum atomic E-state index is 12.5. The van der Waals surface area contributed by atoms with Crippen molar-refractivity contribution in [3.05, 3.63) is 39.9 Å². The standard InChI is InChI=1S/C16H19N3O6S/c20-15(12-1-3-14(4-2-12)19(22)23)17-6-8-18(9-7-17)16(21)13-5-10-26(24,25)11-13/h1-4,13H,5-11H2. The number of nitro groups is 1. The monoisotopic (exact) mass is 381 g/mol. The van der Waals surface area contributed by atoms with Gasteiger partial charge in [-0.25, -0.2) is 8.42 Å². The predicted octanol–water partition coefficient (Wildman–Crippen LogP) is 0.314. The third kappa shape index (κ3) is 3.85. The van der Waals surface area contributed by atoms with Crippen LogP contribution in [-0.2, 0) is 14.6 Å². The number of rotatable bonds is 3. The van der Waals surface area contributed by atoms with Crippen LogP contribution in [0, 0.1) is 16.0 Å². The molecule has 2 heterocycles. The third-order valence-corrected chi connectivity index (χ3v) is 6.55. The van der Waals surface area contributed by atoms with Crippen molar-refractivity contribution in [1.29, 1.82) is 0 Å². The molecule has 2 aliphatic rings. The fourth-order valence-electron chi connectivity index (χ4n) is 3.29. The molecule has 1 unspecified atom stereocenters. The van der Waals surface area contributed by atoms with E-state index in [2.05, 4.69) is 0 Å². The van der Waals surface area contributed by atoms with Gasteiger partial charge in [-0.15, -0.1) is 0 Å². The smallest absolute Gasteiger partial charge is 0.269 e. The van der Waals surface area contributed by atoms with Crippen molar-refractivity contribution >= 4 is 27.3 Å². The Labute approximate surface area is 150 Å². The summed E-state index contributed by atoms with van der Waals surface area (Å²) in [6.45, 7) is 1.41. The number of hydrogen-bond donors (Lipinski definition) is 0. The molecule has 0 spiro atoms. The second kappa shape index (κ2) is 7.02. The lowest BCUT2D eigenvalue weighted by Crippen LogP contribution is -2.52. The van der Waals surface area contributed by atoms with Gasteiger partial charge >= 0.3 is 0 Å². The van der Waals surface area contributed by atoms with Crippen LogP contribution < -0.4 is 0 Å². The fourth-order valence-corrected chi connectivity index (χ4v) is 5.02. The van der Waals surface area contributed by atoms with E-state index in [1.54, 1.807) is 9.80 Å². The molecule has 2 amide bonds. The number of nitro benzene ring substituents is 1. The molecule has 0 bridgehead atoms. The first-order valence-corrected chi connectivity index (χ1v) is 10.1. The molecule has 9 nitrogen and oxygen atoms in total. The highest BCUT2D eigenvalue weighted by molar-refractivity contribution is 7.91. The minimum Gasteiger partial charge on any atom is -0.339 e. The Morgan fingerprint density at radius 3 is 2.12 bits per heavy atom. The molecule has 0 aromatic heterocycles. The van der Waals surface area contributed by atoms with E-state index < -0.39 is 20.7 Å². The number of non-ortho nitro benzene ring substituents is 1. The van der Waals surface area contributed by atoms with Crippen molar-refractivity contribution in [2.45, 2.75) is 6.42 Å². The summed E-state index contributed by atoms with van der Waals surface area (Å²) in [5, 5.41) is 10.7. The Kier molecular flexibility index (Phi) is 4.94. The first kappa shape index (κ1) is 18.3. The van der Waals surface area contributed by atoms with Gasteiger partial charge in [0.2, 0.25) is 5.91 Å². The third-order valence-electron chi connectivity index (χ3n) is 4.79. The summed E-state index contributed by atoms with van der Waals surface area (Å²) in [7, 11) is -3.11. The van der Waals surface area contributed by atoms with Crippen LogP contribution in [0.4, 0.5) is 5.69 Å². The van der Waals surface area contributed by atoms with Gasteiger partial charge in [0, 0.05) is 43.9 Å². The van der Waals surface area contributed by atoms with Crippen LogP contribution in [0.3, 0.4) is 0 Å². The SMILES string of the molecule is O=C(c1ccc([N+](=O)[O-])cc1)N1CCN(C(=O)C2CCS(=O)(=O)C2)CC1. The molecule has 0 aliphatic carbocycles. The lowest BCUT2D eigenvalue weighted by Gasteiger charge is -2.35. The summed E-state index contributed by atoms with van der Waals surface area (Å²) in [6.07, 6.45) is 0.364. The Bertz CT molecular complexity index is 828. The van der Waals surface area contributed by atoms with Crippen molar-refractivity contribution in [3.63, 3.8) is 0 Å². The molecule has 140 valence electrons. The highest BCUT2D eigenvalue weighted by atomic mass is 32.2. The largest absolute Gasteiger partial charge is 0.339 e. The minimum absolute atomic E-state index is 0.0575. The summed E-state index contributed by atoms with van der Waals surface area (Å²) >= 11 is 0. The molecule has 2 saturated heterocycles. The zero-order chi connectivity index (χ0) is 18.9. The van der Waals surface area contributed by atoms with Crippen LogP contribution >= 0.6 is 0 Å². The number of amides is 2. The Morgan fingerprint density at radius 2 is 1.62 bits per heavy atom. The fraction of sp³-hybridized carbons (Fsp3) is 0.500. The first-order chi connectivity index (χ1) is 12.3. The Balaban J connectivity index is 1.57. The zero-order valence-corrected chi connectivity index (χ0v) is 14.9. The topological polar surface area (TPSA) is 118 Å². The molecule has 1 aromatic rings. The molecule has 10 heteroatoms. The molecule has 26 heavy (non-hydrogen) atoms. The molecule has 2 aliphatic heterocycles. The molecule has 0 radical (unpaired) electrons. The van der Waals surface area contributed by atoms with Gasteiger partial charge in [0.05, 0.1) is 22.3 Å². The summed E-state index contributed by atoms with van der Waals surface area (Å²) < 4.78 is 23.1. The maximum absolute atomic E-state index is 12.5. The Hall–Kier alpha value is -2.49. The Morgan fingerprint density at radius 1 is 1.04 bits per heavy atom. The highest BCUT2D eigenvalue weighted by Gasteiger charge is 2.36. The van der Waals surface area contributed by atoms with Crippen molar-refractivity contribution in [1.82, 2.24) is 9.80 Å². The average Bonchev–Trinajstić information content (AvgIpc) is 3.00. The molecule has 3 rings (SSSR count). The van der Waals surface area contributed by atoms with E-state index in [4.69, 9.17) is 0 Å². The summed E-state index contributed by atoms with van der Waals surface area (Å²) in [6, 6.07) is 5.41. The first-order valence-electron chi connectivity index (χ1n) is 8.30. The van der Waals surface area contributed by atoms with Crippen molar-refractivity contribution in [2.75, 3.05) is 37.7 Å². The van der Waals surface area contributed by atoms with Gasteiger partial charge < -0.3 is 9.80 Å². The number of benzene rings is 1. The molecule has 1 atom stereocenters. The minimum atomic E-state index is -3.11. The quantitative estimate of drug-likeness (QED) is 0.549. The van der Waals surface area contributed by atoms with Gasteiger partial charge in [-0.1, -0.05) is 0 Å². The van der Waals surface area contributed by atoms with E-state index in [1.807, 2.05) is 0 Å². The predicted molar refractivity (Wildman–Crippen MR) is 92.3 cm³/mol. The second-order valence-corrected chi connectivity index (χ2v) is 8.75. The van der Waals surface area contributed by atoms with Gasteiger partial charge in [-0.05, 0) is 18.6 Å². The van der Waals surface area contributed by atoms with E-state index >= 15 is 0 Å². The number of sulfone groups is 1. The number of carbonyl (C=O) groups is 2. The molecule has 2 fully saturated rings. The van der Waals surface area contributed by atoms with Gasteiger partial charge in [0.25, 0.3) is 11.6 Å². The molecule has 1 aromatic carbocycles. The van der Waals surface area contributed by atoms with Crippen molar-refractivity contribution < 1.29 is 22.9 Å². The van der Waals surface area contributed by atoms with Crippen molar-refractivity contribution in [2.24, 2.45) is 5.92 Å². The van der Waals surface area contributed by atoms with Gasteiger partial charge in [0.15, 0.2) is 9.84 Å². The maximum Gasteiger partial charge on any atom is 0.269 e. The number of piperazine rings is 1. The van der Waals surface area contributed by atoms with Gasteiger partial charge in [-0.2, -0.15) is 0 Å². The summed E-state index contributed by atoms with van der Waals surface area (Å²) in [4.78, 5) is 38.3. The second-order valence-electron chi connectivity index (χ2n) is 6.52. The van der Waals surface area contributed by atoms with Crippen LogP contribution in [0.25, 0.3) is 0 Å². The average molecular weight is 381 g/mol. The molecule has 0 N–H and O–H groups in total. The number of hydrogen-bond acceptors (Lipinski definition) is 6. The zero-order valence-electron chi connectivity index (χ0n) is 14.0. The van der Waals surface area contributed by atoms with Gasteiger partial charge in [-0.3, -0.25) is 19.7 Å². The van der Waals surface area contributed by atoms with Crippen LogP contribution in [0.15, 0.2) is 24.3 Å². The lowest BCUT2D eigenvalue weighted by atomic mass is 10.1. The van der Waals surface area contributed by atoms with E-state index in [0.717, 1.165) is 0 Å². The van der Waals surface area contributed by atoms with Crippen LogP contribution in [0.2, 0.25) is 0 Å². The number of nitrogens with zero attached hydrogens (tertiary/aromatic N) is 3. The normalized spacial score (nSPS) is 22.2. The molecular weight excluding hydrogens is 362 g/mol. The highest BCUT2D eigenvalue weighted by Crippen LogP contribution is 2.22. The van der Waals surface area contributed by atoms with Crippen LogP contribution in [0.1, 0.15) is 16.8 Å². The van der Waals surface area contributed by atoms with E-state index in [-0.39, 0.29) is 29.0 Å². The summed E-state index contributed by atoms with van der Waals surface area (Å²) in [5.74, 6) is -0.906. The van der Waals surface area contributed by atoms with E-state index in [1.165, 1.54) is 24.3 Å². The number of carbonyl (C=O) groups excluding carboxylic acids is 2. The van der Waals surface area contributed by atoms with E-state index in [9.17, 15) is 28.1 Å². The van der Waals surface area contributed by atoms with Crippen LogP contribution in [0.5, 0.6) is 0 Å².